The molecular weight excluding hydrogens is 416 g/mol. The third kappa shape index (κ3) is 6.07. The van der Waals surface area contributed by atoms with Gasteiger partial charge in [0.1, 0.15) is 5.75 Å². The summed E-state index contributed by atoms with van der Waals surface area (Å²) in [4.78, 5) is 39.1. The SMILES string of the molecule is COc1ccc(C(=O)C2CCN(C(=O)C[C@@H](NC(C)=O)c3ccc(Cl)cc3)CC2)cc1. The molecule has 1 atom stereocenters. The van der Waals surface area contributed by atoms with Crippen molar-refractivity contribution in [3.05, 3.63) is 64.7 Å². The summed E-state index contributed by atoms with van der Waals surface area (Å²) in [6.07, 6.45) is 1.42. The number of Topliss-reactive ketones (excluding diaryl/α,β-unsaturated/α-hetero) is 1. The average Bonchev–Trinajstić information content (AvgIpc) is 2.78. The van der Waals surface area contributed by atoms with E-state index in [1.54, 1.807) is 48.4 Å². The summed E-state index contributed by atoms with van der Waals surface area (Å²) in [6, 6.07) is 13.8. The van der Waals surface area contributed by atoms with Crippen LogP contribution in [0.2, 0.25) is 5.02 Å². The number of ketones is 1. The van der Waals surface area contributed by atoms with E-state index in [2.05, 4.69) is 5.32 Å². The molecule has 1 saturated heterocycles. The van der Waals surface area contributed by atoms with E-state index in [1.165, 1.54) is 6.92 Å². The van der Waals surface area contributed by atoms with Gasteiger partial charge in [0.2, 0.25) is 11.8 Å². The maximum atomic E-state index is 12.9. The molecule has 2 aromatic rings. The van der Waals surface area contributed by atoms with Gasteiger partial charge >= 0.3 is 0 Å². The minimum Gasteiger partial charge on any atom is -0.497 e. The number of nitrogens with zero attached hydrogens (tertiary/aromatic N) is 1. The van der Waals surface area contributed by atoms with E-state index in [0.29, 0.717) is 42.3 Å². The third-order valence-corrected chi connectivity index (χ3v) is 5.87. The lowest BCUT2D eigenvalue weighted by Crippen LogP contribution is -2.42. The molecule has 7 heteroatoms. The van der Waals surface area contributed by atoms with Gasteiger partial charge in [-0.1, -0.05) is 23.7 Å². The topological polar surface area (TPSA) is 75.7 Å². The van der Waals surface area contributed by atoms with E-state index in [0.717, 1.165) is 5.56 Å². The second kappa shape index (κ2) is 10.4. The molecule has 164 valence electrons. The maximum Gasteiger partial charge on any atom is 0.224 e. The highest BCUT2D eigenvalue weighted by Gasteiger charge is 2.29. The van der Waals surface area contributed by atoms with Gasteiger partial charge in [-0.2, -0.15) is 0 Å². The number of hydrogen-bond acceptors (Lipinski definition) is 4. The third-order valence-electron chi connectivity index (χ3n) is 5.62. The predicted molar refractivity (Wildman–Crippen MR) is 119 cm³/mol. The highest BCUT2D eigenvalue weighted by molar-refractivity contribution is 6.30. The minimum absolute atomic E-state index is 0.0379. The second-order valence-corrected chi connectivity index (χ2v) is 8.19. The fraction of sp³-hybridized carbons (Fsp3) is 0.375. The number of amides is 2. The standard InChI is InChI=1S/C24H27ClN2O4/c1-16(28)26-22(17-3-7-20(25)8-4-17)15-23(29)27-13-11-19(12-14-27)24(30)18-5-9-21(31-2)10-6-18/h3-10,19,22H,11-15H2,1-2H3,(H,26,28)/t22-/m1/s1. The molecule has 1 aliphatic heterocycles. The molecule has 0 bridgehead atoms. The molecule has 1 N–H and O–H groups in total. The molecule has 2 aromatic carbocycles. The first-order valence-corrected chi connectivity index (χ1v) is 10.7. The van der Waals surface area contributed by atoms with Crippen LogP contribution in [0.4, 0.5) is 0 Å². The molecule has 0 radical (unpaired) electrons. The summed E-state index contributed by atoms with van der Waals surface area (Å²) < 4.78 is 5.14. The second-order valence-electron chi connectivity index (χ2n) is 7.76. The van der Waals surface area contributed by atoms with Gasteiger partial charge in [0.05, 0.1) is 19.6 Å². The van der Waals surface area contributed by atoms with Crippen molar-refractivity contribution in [1.82, 2.24) is 10.2 Å². The van der Waals surface area contributed by atoms with Crippen molar-refractivity contribution in [1.29, 1.82) is 0 Å². The van der Waals surface area contributed by atoms with Crippen molar-refractivity contribution < 1.29 is 19.1 Å². The molecule has 2 amide bonds. The molecule has 0 aliphatic carbocycles. The number of carbonyl (C=O) groups excluding carboxylic acids is 3. The van der Waals surface area contributed by atoms with Gasteiger partial charge in [0.15, 0.2) is 5.78 Å². The summed E-state index contributed by atoms with van der Waals surface area (Å²) in [6.45, 7) is 2.49. The van der Waals surface area contributed by atoms with Crippen LogP contribution < -0.4 is 10.1 Å². The molecule has 0 saturated carbocycles. The van der Waals surface area contributed by atoms with Gasteiger partial charge in [0.25, 0.3) is 0 Å². The van der Waals surface area contributed by atoms with Gasteiger partial charge in [0, 0.05) is 36.5 Å². The van der Waals surface area contributed by atoms with Gasteiger partial charge in [-0.15, -0.1) is 0 Å². The number of halogens is 1. The highest BCUT2D eigenvalue weighted by Crippen LogP contribution is 2.25. The van der Waals surface area contributed by atoms with E-state index in [9.17, 15) is 14.4 Å². The van der Waals surface area contributed by atoms with Crippen molar-refractivity contribution in [2.24, 2.45) is 5.92 Å². The smallest absolute Gasteiger partial charge is 0.224 e. The number of ether oxygens (including phenoxy) is 1. The number of hydrogen-bond donors (Lipinski definition) is 1. The minimum atomic E-state index is -0.416. The number of likely N-dealkylation sites (tertiary alicyclic amines) is 1. The molecule has 3 rings (SSSR count). The Hall–Kier alpha value is -2.86. The normalized spacial score (nSPS) is 15.3. The fourth-order valence-electron chi connectivity index (χ4n) is 3.88. The Kier molecular flexibility index (Phi) is 7.69. The summed E-state index contributed by atoms with van der Waals surface area (Å²) in [5.74, 6) is 0.485. The van der Waals surface area contributed by atoms with Crippen molar-refractivity contribution in [3.8, 4) is 5.75 Å². The van der Waals surface area contributed by atoms with Crippen LogP contribution in [-0.2, 0) is 9.59 Å². The van der Waals surface area contributed by atoms with Crippen LogP contribution in [0, 0.1) is 5.92 Å². The lowest BCUT2D eigenvalue weighted by atomic mass is 9.88. The molecule has 1 aliphatic rings. The first kappa shape index (κ1) is 22.8. The van der Waals surface area contributed by atoms with Crippen molar-refractivity contribution in [2.75, 3.05) is 20.2 Å². The molecule has 0 spiro atoms. The fourth-order valence-corrected chi connectivity index (χ4v) is 4.00. The lowest BCUT2D eigenvalue weighted by Gasteiger charge is -2.32. The number of rotatable bonds is 7. The van der Waals surface area contributed by atoms with Crippen LogP contribution in [0.5, 0.6) is 5.75 Å². The quantitative estimate of drug-likeness (QED) is 0.656. The Bertz CT molecular complexity index is 920. The maximum absolute atomic E-state index is 12.9. The summed E-state index contributed by atoms with van der Waals surface area (Å²) in [5.41, 5.74) is 1.50. The monoisotopic (exact) mass is 442 g/mol. The molecule has 31 heavy (non-hydrogen) atoms. The van der Waals surface area contributed by atoms with E-state index in [-0.39, 0.29) is 29.9 Å². The predicted octanol–water partition coefficient (Wildman–Crippen LogP) is 4.04. The average molecular weight is 443 g/mol. The van der Waals surface area contributed by atoms with E-state index >= 15 is 0 Å². The first-order chi connectivity index (χ1) is 14.9. The number of methoxy groups -OCH3 is 1. The zero-order valence-electron chi connectivity index (χ0n) is 17.8. The van der Waals surface area contributed by atoms with Gasteiger partial charge in [-0.25, -0.2) is 0 Å². The molecule has 1 fully saturated rings. The molecule has 6 nitrogen and oxygen atoms in total. The zero-order chi connectivity index (χ0) is 22.4. The molecule has 0 unspecified atom stereocenters. The van der Waals surface area contributed by atoms with Crippen molar-refractivity contribution in [3.63, 3.8) is 0 Å². The van der Waals surface area contributed by atoms with Gasteiger partial charge in [-0.3, -0.25) is 14.4 Å². The number of carbonyl (C=O) groups is 3. The van der Waals surface area contributed by atoms with E-state index in [4.69, 9.17) is 16.3 Å². The number of piperidine rings is 1. The van der Waals surface area contributed by atoms with Crippen LogP contribution in [0.15, 0.2) is 48.5 Å². The van der Waals surface area contributed by atoms with Crippen LogP contribution >= 0.6 is 11.6 Å². The van der Waals surface area contributed by atoms with Crippen LogP contribution in [0.3, 0.4) is 0 Å². The Morgan fingerprint density at radius 3 is 2.23 bits per heavy atom. The van der Waals surface area contributed by atoms with Crippen LogP contribution in [-0.4, -0.2) is 42.7 Å². The summed E-state index contributed by atoms with van der Waals surface area (Å²) >= 11 is 5.95. The highest BCUT2D eigenvalue weighted by atomic mass is 35.5. The summed E-state index contributed by atoms with van der Waals surface area (Å²) in [7, 11) is 1.59. The van der Waals surface area contributed by atoms with E-state index in [1.807, 2.05) is 12.1 Å². The van der Waals surface area contributed by atoms with Gasteiger partial charge < -0.3 is 15.0 Å². The van der Waals surface area contributed by atoms with Crippen LogP contribution in [0.25, 0.3) is 0 Å². The largest absolute Gasteiger partial charge is 0.497 e. The number of benzene rings is 2. The molecular formula is C24H27ClN2O4. The Labute approximate surface area is 187 Å². The zero-order valence-corrected chi connectivity index (χ0v) is 18.5. The first-order valence-electron chi connectivity index (χ1n) is 10.4. The lowest BCUT2D eigenvalue weighted by molar-refractivity contribution is -0.133. The van der Waals surface area contributed by atoms with Crippen molar-refractivity contribution in [2.45, 2.75) is 32.2 Å². The Balaban J connectivity index is 1.58. The number of nitrogens with one attached hydrogen (secondary N) is 1. The van der Waals surface area contributed by atoms with E-state index < -0.39 is 6.04 Å². The molecule has 0 aromatic heterocycles. The van der Waals surface area contributed by atoms with Gasteiger partial charge in [-0.05, 0) is 54.8 Å². The van der Waals surface area contributed by atoms with Crippen molar-refractivity contribution >= 4 is 29.2 Å². The Morgan fingerprint density at radius 1 is 1.06 bits per heavy atom. The molecule has 1 heterocycles. The van der Waals surface area contributed by atoms with Crippen LogP contribution in [0.1, 0.15) is 48.1 Å². The Morgan fingerprint density at radius 2 is 1.68 bits per heavy atom. The summed E-state index contributed by atoms with van der Waals surface area (Å²) in [5, 5.41) is 3.45.